The predicted molar refractivity (Wildman–Crippen MR) is 57.6 cm³/mol. The summed E-state index contributed by atoms with van der Waals surface area (Å²) in [5.41, 5.74) is 0. The Kier molecular flexibility index (Phi) is 6.28. The Hall–Kier alpha value is 0.500. The average molecular weight is 210 g/mol. The lowest BCUT2D eigenvalue weighted by molar-refractivity contribution is 0.554. The van der Waals surface area contributed by atoms with E-state index in [0.717, 1.165) is 6.54 Å². The van der Waals surface area contributed by atoms with Gasteiger partial charge in [-0.3, -0.25) is 9.65 Å². The summed E-state index contributed by atoms with van der Waals surface area (Å²) in [6, 6.07) is 0. The standard InChI is InChI=1S/C7H19N2OPS/c1-5-8-11(10,9-12-4)6-7(2)3/h7H,5-6H2,1-4H3,(H2,8,9,10). The van der Waals surface area contributed by atoms with Gasteiger partial charge in [-0.25, -0.2) is 0 Å². The van der Waals surface area contributed by atoms with Crippen LogP contribution in [-0.4, -0.2) is 19.0 Å². The quantitative estimate of drug-likeness (QED) is 0.521. The molecular formula is C7H19N2OPS. The van der Waals surface area contributed by atoms with E-state index in [1.54, 1.807) is 0 Å². The van der Waals surface area contributed by atoms with Crippen LogP contribution in [0, 0.1) is 5.92 Å². The van der Waals surface area contributed by atoms with E-state index in [-0.39, 0.29) is 0 Å². The van der Waals surface area contributed by atoms with E-state index < -0.39 is 7.44 Å². The van der Waals surface area contributed by atoms with Crippen LogP contribution in [0.1, 0.15) is 20.8 Å². The fraction of sp³-hybridized carbons (Fsp3) is 1.00. The fourth-order valence-electron chi connectivity index (χ4n) is 1.05. The molecule has 0 saturated heterocycles. The van der Waals surface area contributed by atoms with Crippen LogP contribution in [0.5, 0.6) is 0 Å². The first-order chi connectivity index (χ1) is 5.54. The summed E-state index contributed by atoms with van der Waals surface area (Å²) in [6.45, 7) is 6.87. The van der Waals surface area contributed by atoms with Crippen LogP contribution in [0.3, 0.4) is 0 Å². The maximum absolute atomic E-state index is 12.0. The summed E-state index contributed by atoms with van der Waals surface area (Å²) in [4.78, 5) is 0. The Morgan fingerprint density at radius 1 is 1.50 bits per heavy atom. The first-order valence-corrected chi connectivity index (χ1v) is 7.30. The van der Waals surface area contributed by atoms with Crippen molar-refractivity contribution in [3.63, 3.8) is 0 Å². The van der Waals surface area contributed by atoms with Crippen molar-refractivity contribution in [2.75, 3.05) is 19.0 Å². The molecule has 0 saturated carbocycles. The molecule has 0 aromatic rings. The molecule has 74 valence electrons. The van der Waals surface area contributed by atoms with Crippen molar-refractivity contribution in [1.29, 1.82) is 0 Å². The van der Waals surface area contributed by atoms with Crippen LogP contribution >= 0.6 is 19.4 Å². The van der Waals surface area contributed by atoms with Crippen molar-refractivity contribution in [2.24, 2.45) is 5.92 Å². The summed E-state index contributed by atoms with van der Waals surface area (Å²) >= 11 is 1.41. The Morgan fingerprint density at radius 2 is 2.08 bits per heavy atom. The van der Waals surface area contributed by atoms with E-state index in [0.29, 0.717) is 12.1 Å². The topological polar surface area (TPSA) is 41.1 Å². The molecule has 5 heteroatoms. The molecule has 0 amide bonds. The van der Waals surface area contributed by atoms with Gasteiger partial charge in [-0.2, -0.15) is 4.49 Å². The number of hydrogen-bond acceptors (Lipinski definition) is 2. The maximum Gasteiger partial charge on any atom is 0.220 e. The molecule has 1 unspecified atom stereocenters. The van der Waals surface area contributed by atoms with E-state index >= 15 is 0 Å². The van der Waals surface area contributed by atoms with Crippen molar-refractivity contribution in [3.8, 4) is 0 Å². The van der Waals surface area contributed by atoms with Crippen LogP contribution in [0.2, 0.25) is 0 Å². The largest absolute Gasteiger partial charge is 0.288 e. The summed E-state index contributed by atoms with van der Waals surface area (Å²) < 4.78 is 14.9. The molecule has 2 N–H and O–H groups in total. The van der Waals surface area contributed by atoms with Crippen molar-refractivity contribution < 1.29 is 4.57 Å². The third kappa shape index (κ3) is 5.20. The Labute approximate surface area is 79.7 Å². The van der Waals surface area contributed by atoms with Gasteiger partial charge in [0.15, 0.2) is 0 Å². The molecule has 0 aliphatic carbocycles. The minimum Gasteiger partial charge on any atom is -0.288 e. The lowest BCUT2D eigenvalue weighted by atomic mass is 10.3. The van der Waals surface area contributed by atoms with Crippen LogP contribution in [0.15, 0.2) is 0 Å². The van der Waals surface area contributed by atoms with Gasteiger partial charge < -0.3 is 0 Å². The normalized spacial score (nSPS) is 16.4. The Bertz CT molecular complexity index is 153. The highest BCUT2D eigenvalue weighted by atomic mass is 32.2. The SMILES string of the molecule is CCNP(=O)(CC(C)C)NSC. The van der Waals surface area contributed by atoms with Gasteiger partial charge >= 0.3 is 0 Å². The van der Waals surface area contributed by atoms with Crippen LogP contribution in [-0.2, 0) is 4.57 Å². The molecule has 0 heterocycles. The Balaban J connectivity index is 4.08. The van der Waals surface area contributed by atoms with Crippen LogP contribution in [0.4, 0.5) is 0 Å². The van der Waals surface area contributed by atoms with Crippen LogP contribution < -0.4 is 9.58 Å². The molecule has 0 aromatic heterocycles. The molecule has 0 aromatic carbocycles. The second-order valence-corrected chi connectivity index (χ2v) is 6.42. The zero-order chi connectivity index (χ0) is 9.61. The molecular weight excluding hydrogens is 191 g/mol. The lowest BCUT2D eigenvalue weighted by Crippen LogP contribution is -2.22. The van der Waals surface area contributed by atoms with Gasteiger partial charge in [0.05, 0.1) is 0 Å². The van der Waals surface area contributed by atoms with Crippen LogP contribution in [0.25, 0.3) is 0 Å². The molecule has 0 spiro atoms. The first kappa shape index (κ1) is 12.5. The first-order valence-electron chi connectivity index (χ1n) is 4.18. The smallest absolute Gasteiger partial charge is 0.220 e. The summed E-state index contributed by atoms with van der Waals surface area (Å²) in [6.07, 6.45) is 2.60. The molecule has 0 fully saturated rings. The molecule has 12 heavy (non-hydrogen) atoms. The lowest BCUT2D eigenvalue weighted by Gasteiger charge is -2.20. The van der Waals surface area contributed by atoms with E-state index in [1.807, 2.05) is 13.2 Å². The second-order valence-electron chi connectivity index (χ2n) is 3.12. The number of nitrogens with one attached hydrogen (secondary N) is 2. The molecule has 3 nitrogen and oxygen atoms in total. The van der Waals surface area contributed by atoms with E-state index in [4.69, 9.17) is 0 Å². The van der Waals surface area contributed by atoms with Gasteiger partial charge in [-0.05, 0) is 12.2 Å². The maximum atomic E-state index is 12.0. The van der Waals surface area contributed by atoms with Crippen molar-refractivity contribution >= 4 is 19.4 Å². The molecule has 0 aliphatic heterocycles. The molecule has 0 bridgehead atoms. The second kappa shape index (κ2) is 6.03. The van der Waals surface area contributed by atoms with Gasteiger partial charge in [-0.15, -0.1) is 0 Å². The van der Waals surface area contributed by atoms with Gasteiger partial charge in [0.25, 0.3) is 0 Å². The van der Waals surface area contributed by atoms with Crippen molar-refractivity contribution in [2.45, 2.75) is 20.8 Å². The highest BCUT2D eigenvalue weighted by Gasteiger charge is 2.20. The highest BCUT2D eigenvalue weighted by molar-refractivity contribution is 8.01. The zero-order valence-electron chi connectivity index (χ0n) is 8.26. The number of rotatable bonds is 6. The zero-order valence-corrected chi connectivity index (χ0v) is 9.97. The molecule has 0 rings (SSSR count). The Morgan fingerprint density at radius 3 is 2.42 bits per heavy atom. The number of hydrogen-bond donors (Lipinski definition) is 2. The monoisotopic (exact) mass is 210 g/mol. The van der Waals surface area contributed by atoms with Gasteiger partial charge in [-0.1, -0.05) is 32.7 Å². The summed E-state index contributed by atoms with van der Waals surface area (Å²) in [7, 11) is -2.31. The third-order valence-corrected chi connectivity index (χ3v) is 5.26. The van der Waals surface area contributed by atoms with Crippen molar-refractivity contribution in [3.05, 3.63) is 0 Å². The fourth-order valence-corrected chi connectivity index (χ4v) is 4.46. The minimum atomic E-state index is -2.31. The van der Waals surface area contributed by atoms with E-state index in [2.05, 4.69) is 23.4 Å². The summed E-state index contributed by atoms with van der Waals surface area (Å²) in [5, 5.41) is 3.01. The third-order valence-electron chi connectivity index (χ3n) is 1.27. The van der Waals surface area contributed by atoms with Gasteiger partial charge in [0.1, 0.15) is 0 Å². The van der Waals surface area contributed by atoms with Gasteiger partial charge in [0.2, 0.25) is 7.44 Å². The molecule has 0 radical (unpaired) electrons. The van der Waals surface area contributed by atoms with E-state index in [1.165, 1.54) is 11.9 Å². The highest BCUT2D eigenvalue weighted by Crippen LogP contribution is 2.39. The molecule has 0 aliphatic rings. The van der Waals surface area contributed by atoms with E-state index in [9.17, 15) is 4.57 Å². The summed E-state index contributed by atoms with van der Waals surface area (Å²) in [5.74, 6) is 0.453. The molecule has 1 atom stereocenters. The van der Waals surface area contributed by atoms with Crippen molar-refractivity contribution in [1.82, 2.24) is 9.58 Å². The van der Waals surface area contributed by atoms with Gasteiger partial charge in [0, 0.05) is 12.7 Å². The minimum absolute atomic E-state index is 0.453. The predicted octanol–water partition coefficient (Wildman–Crippen LogP) is 2.31. The average Bonchev–Trinajstić information content (AvgIpc) is 1.85.